The maximum atomic E-state index is 13.2. The Morgan fingerprint density at radius 3 is 1.25 bits per heavy atom. The first-order valence-corrected chi connectivity index (χ1v) is 19.4. The standard InChI is InChI=1S/C39H54N6O6/c46-38(30-13-19-34(36(26-30)44(48)49)42-21-5-1-2-6-22-42)40-32-15-9-28(10-16-32)25-29-11-17-33(18-12-29)41-39(47)31-14-20-35(37(27-31)45(50)51)43-23-7-3-4-8-24-43/h13-14,19-20,26-29,32-33H,1-12,15-18,21-25H2,(H,40,46)(H,41,47). The van der Waals surface area contributed by atoms with Crippen molar-refractivity contribution in [2.45, 2.75) is 121 Å². The Labute approximate surface area is 301 Å². The van der Waals surface area contributed by atoms with E-state index in [4.69, 9.17) is 0 Å². The summed E-state index contributed by atoms with van der Waals surface area (Å²) in [6, 6.07) is 9.96. The number of carbonyl (C=O) groups excluding carboxylic acids is 2. The second kappa shape index (κ2) is 17.3. The molecule has 2 saturated carbocycles. The fourth-order valence-corrected chi connectivity index (χ4v) is 8.87. The predicted octanol–water partition coefficient (Wildman–Crippen LogP) is 7.93. The van der Waals surface area contributed by atoms with Crippen molar-refractivity contribution in [3.63, 3.8) is 0 Å². The largest absolute Gasteiger partial charge is 0.366 e. The molecule has 0 aromatic heterocycles. The minimum Gasteiger partial charge on any atom is -0.366 e. The lowest BCUT2D eigenvalue weighted by molar-refractivity contribution is -0.384. The smallest absolute Gasteiger partial charge is 0.293 e. The van der Waals surface area contributed by atoms with Crippen molar-refractivity contribution in [2.75, 3.05) is 36.0 Å². The SMILES string of the molecule is O=C(NC1CCC(CC2CCC(NC(=O)c3ccc(N4CCCCCC4)c([N+](=O)[O-])c3)CC2)CC1)c1ccc(N2CCCCCC2)c([N+](=O)[O-])c1. The number of benzene rings is 2. The predicted molar refractivity (Wildman–Crippen MR) is 199 cm³/mol. The average molecular weight is 703 g/mol. The highest BCUT2D eigenvalue weighted by Gasteiger charge is 2.30. The molecule has 2 aromatic carbocycles. The van der Waals surface area contributed by atoms with Crippen LogP contribution < -0.4 is 20.4 Å². The molecule has 2 N–H and O–H groups in total. The van der Waals surface area contributed by atoms with Crippen LogP contribution in [0.3, 0.4) is 0 Å². The van der Waals surface area contributed by atoms with Gasteiger partial charge in [-0.3, -0.25) is 29.8 Å². The van der Waals surface area contributed by atoms with Crippen LogP contribution in [0, 0.1) is 32.1 Å². The van der Waals surface area contributed by atoms with Crippen LogP contribution in [0.1, 0.15) is 130 Å². The van der Waals surface area contributed by atoms with E-state index in [-0.39, 0.29) is 45.1 Å². The number of hydrogen-bond acceptors (Lipinski definition) is 8. The normalized spacial score (nSPS) is 24.5. The van der Waals surface area contributed by atoms with Gasteiger partial charge in [-0.1, -0.05) is 25.7 Å². The number of rotatable bonds is 10. The van der Waals surface area contributed by atoms with Gasteiger partial charge in [-0.05, 0) is 120 Å². The summed E-state index contributed by atoms with van der Waals surface area (Å²) in [7, 11) is 0. The molecule has 276 valence electrons. The van der Waals surface area contributed by atoms with E-state index in [1.54, 1.807) is 24.3 Å². The molecule has 12 nitrogen and oxygen atoms in total. The lowest BCUT2D eigenvalue weighted by atomic mass is 9.75. The molecule has 51 heavy (non-hydrogen) atoms. The Morgan fingerprint density at radius 2 is 0.922 bits per heavy atom. The Balaban J connectivity index is 0.935. The van der Waals surface area contributed by atoms with Gasteiger partial charge in [-0.2, -0.15) is 0 Å². The van der Waals surface area contributed by atoms with E-state index in [9.17, 15) is 29.8 Å². The Hall–Kier alpha value is -4.22. The van der Waals surface area contributed by atoms with E-state index < -0.39 is 0 Å². The van der Waals surface area contributed by atoms with E-state index in [0.29, 0.717) is 34.3 Å². The zero-order valence-corrected chi connectivity index (χ0v) is 29.9. The van der Waals surface area contributed by atoms with Crippen molar-refractivity contribution in [2.24, 2.45) is 11.8 Å². The first kappa shape index (κ1) is 36.6. The molecule has 2 aliphatic heterocycles. The Bertz CT molecular complexity index is 1420. The molecule has 2 saturated heterocycles. The van der Waals surface area contributed by atoms with Crippen LogP contribution in [0.2, 0.25) is 0 Å². The molecule has 4 aliphatic rings. The highest BCUT2D eigenvalue weighted by atomic mass is 16.6. The van der Waals surface area contributed by atoms with Gasteiger partial charge in [0, 0.05) is 61.5 Å². The minimum absolute atomic E-state index is 0.00344. The van der Waals surface area contributed by atoms with Crippen LogP contribution in [0.15, 0.2) is 36.4 Å². The summed E-state index contributed by atoms with van der Waals surface area (Å²) in [5.74, 6) is 0.720. The molecule has 4 fully saturated rings. The first-order chi connectivity index (χ1) is 24.7. The summed E-state index contributed by atoms with van der Waals surface area (Å²) in [6.45, 7) is 3.21. The van der Waals surface area contributed by atoms with Gasteiger partial charge in [0.05, 0.1) is 9.85 Å². The number of nitro groups is 2. The molecule has 12 heteroatoms. The fourth-order valence-electron chi connectivity index (χ4n) is 8.87. The topological polar surface area (TPSA) is 151 Å². The van der Waals surface area contributed by atoms with Crippen LogP contribution in [0.4, 0.5) is 22.7 Å². The van der Waals surface area contributed by atoms with Crippen LogP contribution in [-0.2, 0) is 0 Å². The molecule has 6 rings (SSSR count). The number of amides is 2. The summed E-state index contributed by atoms with van der Waals surface area (Å²) in [5, 5.41) is 30.2. The second-order valence-electron chi connectivity index (χ2n) is 15.3. The lowest BCUT2D eigenvalue weighted by Crippen LogP contribution is -2.39. The van der Waals surface area contributed by atoms with Crippen LogP contribution >= 0.6 is 0 Å². The zero-order chi connectivity index (χ0) is 35.7. The molecule has 2 amide bonds. The fraction of sp³-hybridized carbons (Fsp3) is 0.641. The van der Waals surface area contributed by atoms with Gasteiger partial charge < -0.3 is 20.4 Å². The number of nitrogens with one attached hydrogen (secondary N) is 2. The summed E-state index contributed by atoms with van der Waals surface area (Å²) in [6.07, 6.45) is 17.6. The highest BCUT2D eigenvalue weighted by Crippen LogP contribution is 2.37. The highest BCUT2D eigenvalue weighted by molar-refractivity contribution is 5.96. The van der Waals surface area contributed by atoms with E-state index in [2.05, 4.69) is 20.4 Å². The Kier molecular flexibility index (Phi) is 12.4. The molecule has 0 atom stereocenters. The minimum atomic E-state index is -0.368. The van der Waals surface area contributed by atoms with Crippen molar-refractivity contribution in [3.05, 3.63) is 67.8 Å². The number of anilines is 2. The first-order valence-electron chi connectivity index (χ1n) is 19.4. The van der Waals surface area contributed by atoms with E-state index in [1.807, 2.05) is 0 Å². The van der Waals surface area contributed by atoms with Gasteiger partial charge in [0.1, 0.15) is 11.4 Å². The summed E-state index contributed by atoms with van der Waals surface area (Å²) >= 11 is 0. The van der Waals surface area contributed by atoms with Crippen molar-refractivity contribution in [1.29, 1.82) is 0 Å². The van der Waals surface area contributed by atoms with E-state index >= 15 is 0 Å². The molecule has 0 radical (unpaired) electrons. The van der Waals surface area contributed by atoms with E-state index in [1.165, 1.54) is 12.1 Å². The van der Waals surface area contributed by atoms with Crippen LogP contribution in [0.5, 0.6) is 0 Å². The summed E-state index contributed by atoms with van der Waals surface area (Å²) in [5.41, 5.74) is 1.90. The average Bonchev–Trinajstić information content (AvgIpc) is 3.59. The van der Waals surface area contributed by atoms with Crippen molar-refractivity contribution >= 4 is 34.6 Å². The van der Waals surface area contributed by atoms with E-state index in [0.717, 1.165) is 135 Å². The van der Waals surface area contributed by atoms with Crippen LogP contribution in [-0.4, -0.2) is 59.9 Å². The Morgan fingerprint density at radius 1 is 0.569 bits per heavy atom. The van der Waals surface area contributed by atoms with Gasteiger partial charge in [0.25, 0.3) is 23.2 Å². The third kappa shape index (κ3) is 9.56. The van der Waals surface area contributed by atoms with Gasteiger partial charge >= 0.3 is 0 Å². The van der Waals surface area contributed by atoms with Gasteiger partial charge in [-0.25, -0.2) is 0 Å². The third-order valence-electron chi connectivity index (χ3n) is 11.8. The number of carbonyl (C=O) groups is 2. The van der Waals surface area contributed by atoms with Crippen LogP contribution in [0.25, 0.3) is 0 Å². The van der Waals surface area contributed by atoms with Gasteiger partial charge in [0.15, 0.2) is 0 Å². The number of nitrogens with zero attached hydrogens (tertiary/aromatic N) is 4. The molecule has 0 bridgehead atoms. The molecule has 2 heterocycles. The lowest BCUT2D eigenvalue weighted by Gasteiger charge is -2.34. The van der Waals surface area contributed by atoms with Gasteiger partial charge in [-0.15, -0.1) is 0 Å². The van der Waals surface area contributed by atoms with Crippen molar-refractivity contribution < 1.29 is 19.4 Å². The summed E-state index contributed by atoms with van der Waals surface area (Å²) < 4.78 is 0. The molecular weight excluding hydrogens is 648 g/mol. The maximum absolute atomic E-state index is 13.2. The molecule has 2 aromatic rings. The summed E-state index contributed by atoms with van der Waals surface area (Å²) in [4.78, 5) is 53.6. The quantitative estimate of drug-likeness (QED) is 0.187. The molecule has 0 spiro atoms. The number of hydrogen-bond donors (Lipinski definition) is 2. The third-order valence-corrected chi connectivity index (χ3v) is 11.8. The molecular formula is C39H54N6O6. The number of nitro benzene ring substituents is 2. The monoisotopic (exact) mass is 702 g/mol. The van der Waals surface area contributed by atoms with Crippen molar-refractivity contribution in [3.8, 4) is 0 Å². The van der Waals surface area contributed by atoms with Gasteiger partial charge in [0.2, 0.25) is 0 Å². The maximum Gasteiger partial charge on any atom is 0.293 e. The second-order valence-corrected chi connectivity index (χ2v) is 15.3. The van der Waals surface area contributed by atoms with Crippen molar-refractivity contribution in [1.82, 2.24) is 10.6 Å². The zero-order valence-electron chi connectivity index (χ0n) is 29.9. The molecule has 0 unspecified atom stereocenters. The molecule has 2 aliphatic carbocycles.